The number of hydrogen-bond acceptors (Lipinski definition) is 4. The quantitative estimate of drug-likeness (QED) is 0.671. The van der Waals surface area contributed by atoms with Crippen LogP contribution in [0.25, 0.3) is 11.3 Å². The van der Waals surface area contributed by atoms with Crippen LogP contribution in [0.4, 0.5) is 11.5 Å². The molecule has 0 saturated heterocycles. The van der Waals surface area contributed by atoms with Gasteiger partial charge in [0.1, 0.15) is 12.1 Å². The molecule has 0 spiro atoms. The highest BCUT2D eigenvalue weighted by atomic mass is 16.1. The van der Waals surface area contributed by atoms with Gasteiger partial charge in [-0.25, -0.2) is 9.97 Å². The maximum atomic E-state index is 12.3. The van der Waals surface area contributed by atoms with Crippen LogP contribution in [-0.4, -0.2) is 21.9 Å². The van der Waals surface area contributed by atoms with Gasteiger partial charge in [0.05, 0.1) is 5.69 Å². The molecular weight excluding hydrogens is 348 g/mol. The third-order valence-corrected chi connectivity index (χ3v) is 5.09. The van der Waals surface area contributed by atoms with E-state index in [1.165, 1.54) is 18.4 Å². The van der Waals surface area contributed by atoms with Crippen molar-refractivity contribution in [2.45, 2.75) is 38.6 Å². The number of carbonyl (C=O) groups is 1. The first-order chi connectivity index (χ1) is 13.7. The predicted molar refractivity (Wildman–Crippen MR) is 112 cm³/mol. The zero-order valence-corrected chi connectivity index (χ0v) is 16.0. The number of carbonyl (C=O) groups excluding carboxylic acids is 1. The van der Waals surface area contributed by atoms with Crippen molar-refractivity contribution < 1.29 is 4.79 Å². The van der Waals surface area contributed by atoms with Crippen molar-refractivity contribution in [3.8, 4) is 11.3 Å². The predicted octanol–water partition coefficient (Wildman–Crippen LogP) is 4.87. The molecule has 4 rings (SSSR count). The number of hydrogen-bond donors (Lipinski definition) is 2. The van der Waals surface area contributed by atoms with Gasteiger partial charge in [0, 0.05) is 28.9 Å². The molecule has 0 radical (unpaired) electrons. The number of benzene rings is 2. The van der Waals surface area contributed by atoms with Gasteiger partial charge < -0.3 is 10.6 Å². The van der Waals surface area contributed by atoms with Gasteiger partial charge in [-0.15, -0.1) is 0 Å². The second-order valence-electron chi connectivity index (χ2n) is 7.32. The minimum absolute atomic E-state index is 0.00206. The number of anilines is 2. The standard InChI is InChI=1S/C23H24N4O/c1-16-5-4-6-18(13-16)21-14-22(25-15-24-21)26-20-11-9-17(10-12-20)23(28)27-19-7-2-3-8-19/h4-6,9-15,19H,2-3,7-8H2,1H3,(H,27,28)(H,24,25,26). The van der Waals surface area contributed by atoms with Gasteiger partial charge in [0.25, 0.3) is 5.91 Å². The normalized spacial score (nSPS) is 14.0. The zero-order valence-electron chi connectivity index (χ0n) is 16.0. The molecule has 2 N–H and O–H groups in total. The fourth-order valence-electron chi connectivity index (χ4n) is 3.58. The minimum Gasteiger partial charge on any atom is -0.349 e. The van der Waals surface area contributed by atoms with Gasteiger partial charge in [0.2, 0.25) is 0 Å². The van der Waals surface area contributed by atoms with E-state index in [1.54, 1.807) is 6.33 Å². The molecule has 5 heteroatoms. The van der Waals surface area contributed by atoms with Gasteiger partial charge in [-0.1, -0.05) is 36.6 Å². The highest BCUT2D eigenvalue weighted by molar-refractivity contribution is 5.94. The van der Waals surface area contributed by atoms with E-state index < -0.39 is 0 Å². The number of rotatable bonds is 5. The molecule has 142 valence electrons. The van der Waals surface area contributed by atoms with Crippen molar-refractivity contribution in [2.24, 2.45) is 0 Å². The largest absolute Gasteiger partial charge is 0.349 e. The molecule has 1 aromatic heterocycles. The van der Waals surface area contributed by atoms with Crippen LogP contribution in [0.5, 0.6) is 0 Å². The molecule has 28 heavy (non-hydrogen) atoms. The van der Waals surface area contributed by atoms with Crippen molar-refractivity contribution in [3.05, 3.63) is 72.1 Å². The molecule has 5 nitrogen and oxygen atoms in total. The topological polar surface area (TPSA) is 66.9 Å². The van der Waals surface area contributed by atoms with Crippen molar-refractivity contribution in [3.63, 3.8) is 0 Å². The van der Waals surface area contributed by atoms with Crippen molar-refractivity contribution >= 4 is 17.4 Å². The van der Waals surface area contributed by atoms with E-state index in [0.29, 0.717) is 11.6 Å². The van der Waals surface area contributed by atoms with Crippen molar-refractivity contribution in [1.29, 1.82) is 0 Å². The summed E-state index contributed by atoms with van der Waals surface area (Å²) < 4.78 is 0. The molecule has 1 aliphatic rings. The molecule has 3 aromatic rings. The van der Waals surface area contributed by atoms with Crippen LogP contribution in [0.2, 0.25) is 0 Å². The SMILES string of the molecule is Cc1cccc(-c2cc(Nc3ccc(C(=O)NC4CCCC4)cc3)ncn2)c1. The molecule has 1 fully saturated rings. The number of amides is 1. The average molecular weight is 372 g/mol. The summed E-state index contributed by atoms with van der Waals surface area (Å²) in [6, 6.07) is 18.0. The molecule has 2 aromatic carbocycles. The lowest BCUT2D eigenvalue weighted by Crippen LogP contribution is -2.32. The summed E-state index contributed by atoms with van der Waals surface area (Å²) >= 11 is 0. The van der Waals surface area contributed by atoms with Gasteiger partial charge in [-0.3, -0.25) is 4.79 Å². The van der Waals surface area contributed by atoms with Crippen molar-refractivity contribution in [1.82, 2.24) is 15.3 Å². The summed E-state index contributed by atoms with van der Waals surface area (Å²) in [5.41, 5.74) is 4.68. The Labute approximate surface area is 165 Å². The van der Waals surface area contributed by atoms with Crippen LogP contribution in [0.1, 0.15) is 41.6 Å². The molecular formula is C23H24N4O. The summed E-state index contributed by atoms with van der Waals surface area (Å²) in [6.07, 6.45) is 6.14. The monoisotopic (exact) mass is 372 g/mol. The number of aryl methyl sites for hydroxylation is 1. The summed E-state index contributed by atoms with van der Waals surface area (Å²) in [4.78, 5) is 21.0. The van der Waals surface area contributed by atoms with Crippen LogP contribution >= 0.6 is 0 Å². The van der Waals surface area contributed by atoms with Crippen LogP contribution in [-0.2, 0) is 0 Å². The third-order valence-electron chi connectivity index (χ3n) is 5.09. The van der Waals surface area contributed by atoms with E-state index in [4.69, 9.17) is 0 Å². The highest BCUT2D eigenvalue weighted by Gasteiger charge is 2.17. The Balaban J connectivity index is 1.44. The highest BCUT2D eigenvalue weighted by Crippen LogP contribution is 2.22. The summed E-state index contributed by atoms with van der Waals surface area (Å²) in [5.74, 6) is 0.719. The molecule has 1 saturated carbocycles. The minimum atomic E-state index is 0.00206. The summed E-state index contributed by atoms with van der Waals surface area (Å²) in [6.45, 7) is 2.06. The Morgan fingerprint density at radius 3 is 2.54 bits per heavy atom. The van der Waals surface area contributed by atoms with Gasteiger partial charge in [-0.2, -0.15) is 0 Å². The van der Waals surface area contributed by atoms with Gasteiger partial charge >= 0.3 is 0 Å². The maximum Gasteiger partial charge on any atom is 0.251 e. The fourth-order valence-corrected chi connectivity index (χ4v) is 3.58. The van der Waals surface area contributed by atoms with E-state index in [0.717, 1.165) is 35.6 Å². The second kappa shape index (κ2) is 8.21. The number of nitrogens with zero attached hydrogens (tertiary/aromatic N) is 2. The molecule has 1 aliphatic carbocycles. The summed E-state index contributed by atoms with van der Waals surface area (Å²) in [7, 11) is 0. The summed E-state index contributed by atoms with van der Waals surface area (Å²) in [5, 5.41) is 6.40. The average Bonchev–Trinajstić information content (AvgIpc) is 3.22. The van der Waals surface area contributed by atoms with Gasteiger partial charge in [-0.05, 0) is 50.1 Å². The first kappa shape index (κ1) is 18.2. The van der Waals surface area contributed by atoms with E-state index in [1.807, 2.05) is 42.5 Å². The lowest BCUT2D eigenvalue weighted by Gasteiger charge is -2.12. The molecule has 0 atom stereocenters. The first-order valence-electron chi connectivity index (χ1n) is 9.74. The lowest BCUT2D eigenvalue weighted by atomic mass is 10.1. The van der Waals surface area contributed by atoms with E-state index >= 15 is 0 Å². The van der Waals surface area contributed by atoms with E-state index in [9.17, 15) is 4.79 Å². The van der Waals surface area contributed by atoms with E-state index in [2.05, 4.69) is 39.7 Å². The van der Waals surface area contributed by atoms with Crippen LogP contribution in [0.15, 0.2) is 60.9 Å². The van der Waals surface area contributed by atoms with Crippen LogP contribution < -0.4 is 10.6 Å². The van der Waals surface area contributed by atoms with E-state index in [-0.39, 0.29) is 5.91 Å². The Bertz CT molecular complexity index is 962. The number of aromatic nitrogens is 2. The molecule has 0 bridgehead atoms. The molecule has 1 amide bonds. The second-order valence-corrected chi connectivity index (χ2v) is 7.32. The maximum absolute atomic E-state index is 12.3. The fraction of sp³-hybridized carbons (Fsp3) is 0.261. The third kappa shape index (κ3) is 4.36. The van der Waals surface area contributed by atoms with Crippen LogP contribution in [0, 0.1) is 6.92 Å². The van der Waals surface area contributed by atoms with Crippen molar-refractivity contribution in [2.75, 3.05) is 5.32 Å². The Kier molecular flexibility index (Phi) is 5.33. The van der Waals surface area contributed by atoms with Crippen LogP contribution in [0.3, 0.4) is 0 Å². The first-order valence-corrected chi connectivity index (χ1v) is 9.74. The lowest BCUT2D eigenvalue weighted by molar-refractivity contribution is 0.0938. The zero-order chi connectivity index (χ0) is 19.3. The Morgan fingerprint density at radius 2 is 1.79 bits per heavy atom. The molecule has 0 aliphatic heterocycles. The smallest absolute Gasteiger partial charge is 0.251 e. The molecule has 1 heterocycles. The molecule has 0 unspecified atom stereocenters. The van der Waals surface area contributed by atoms with Gasteiger partial charge in [0.15, 0.2) is 0 Å². The Morgan fingerprint density at radius 1 is 1.00 bits per heavy atom. The number of nitrogens with one attached hydrogen (secondary N) is 2. The Hall–Kier alpha value is -3.21.